The van der Waals surface area contributed by atoms with Crippen LogP contribution in [0.3, 0.4) is 0 Å². The van der Waals surface area contributed by atoms with Gasteiger partial charge in [-0.3, -0.25) is 14.4 Å². The Morgan fingerprint density at radius 2 is 1.68 bits per heavy atom. The Bertz CT molecular complexity index is 1370. The lowest BCUT2D eigenvalue weighted by atomic mass is 10.0. The molecule has 7 nitrogen and oxygen atoms in total. The number of hydrogen-bond acceptors (Lipinski definition) is 5. The molecule has 1 aliphatic rings. The molecule has 0 spiro atoms. The highest BCUT2D eigenvalue weighted by molar-refractivity contribution is 7.99. The molecule has 0 unspecified atom stereocenters. The van der Waals surface area contributed by atoms with Gasteiger partial charge in [0.15, 0.2) is 0 Å². The number of carbonyl (C=O) groups is 3. The van der Waals surface area contributed by atoms with Gasteiger partial charge in [0.25, 0.3) is 0 Å². The Morgan fingerprint density at radius 3 is 2.39 bits per heavy atom. The molecule has 1 heterocycles. The Balaban J connectivity index is 1.57. The third kappa shape index (κ3) is 6.32. The number of rotatable bonds is 7. The number of thioether (sulfide) groups is 1. The molecule has 4 rings (SSSR count). The van der Waals surface area contributed by atoms with Crippen molar-refractivity contribution in [3.8, 4) is 0 Å². The molecule has 198 valence electrons. The van der Waals surface area contributed by atoms with Crippen LogP contribution in [0.25, 0.3) is 0 Å². The molecule has 0 radical (unpaired) electrons. The van der Waals surface area contributed by atoms with E-state index in [1.54, 1.807) is 24.3 Å². The summed E-state index contributed by atoms with van der Waals surface area (Å²) in [6.07, 6.45) is -0.495. The number of fused-ring (bicyclic) bond motifs is 1. The van der Waals surface area contributed by atoms with Crippen molar-refractivity contribution in [2.24, 2.45) is 0 Å². The molecule has 3 aromatic carbocycles. The van der Waals surface area contributed by atoms with E-state index in [0.29, 0.717) is 16.6 Å². The standard InChI is InChI=1S/C26H21F4N3O4S/c27-14-5-6-18(30)17(11-14)24-23(26(37)32-19-3-1-2-4-21(19)38-24)33-25(36)20(12-34)31-22(35)9-13-7-15(28)10-16(29)8-13/h1-8,10-11,20,23-24,34H,9,12H2,(H,31,35)(H,32,37)(H,33,36)/t20-,23+,24-/m1/s1. The van der Waals surface area contributed by atoms with Crippen molar-refractivity contribution in [3.63, 3.8) is 0 Å². The Kier molecular flexibility index (Phi) is 8.32. The number of carbonyl (C=O) groups excluding carboxylic acids is 3. The molecule has 3 aromatic rings. The predicted molar refractivity (Wildman–Crippen MR) is 131 cm³/mol. The highest BCUT2D eigenvalue weighted by Gasteiger charge is 2.38. The van der Waals surface area contributed by atoms with E-state index >= 15 is 0 Å². The maximum Gasteiger partial charge on any atom is 0.248 e. The zero-order valence-electron chi connectivity index (χ0n) is 19.5. The first-order valence-electron chi connectivity index (χ1n) is 11.3. The summed E-state index contributed by atoms with van der Waals surface area (Å²) >= 11 is 1.02. The number of amides is 3. The smallest absolute Gasteiger partial charge is 0.248 e. The number of para-hydroxylation sites is 1. The lowest BCUT2D eigenvalue weighted by Crippen LogP contribution is -2.55. The second-order valence-corrected chi connectivity index (χ2v) is 9.62. The Hall–Kier alpha value is -3.90. The highest BCUT2D eigenvalue weighted by atomic mass is 32.2. The van der Waals surface area contributed by atoms with E-state index in [2.05, 4.69) is 16.0 Å². The Labute approximate surface area is 218 Å². The van der Waals surface area contributed by atoms with Crippen LogP contribution in [0.4, 0.5) is 23.2 Å². The molecule has 4 N–H and O–H groups in total. The molecule has 0 aromatic heterocycles. The van der Waals surface area contributed by atoms with Crippen molar-refractivity contribution in [2.45, 2.75) is 28.6 Å². The normalized spacial score (nSPS) is 17.6. The first kappa shape index (κ1) is 27.1. The van der Waals surface area contributed by atoms with E-state index < -0.39 is 71.4 Å². The zero-order chi connectivity index (χ0) is 27.4. The molecule has 0 fully saturated rings. The van der Waals surface area contributed by atoms with E-state index in [-0.39, 0.29) is 11.1 Å². The second kappa shape index (κ2) is 11.7. The molecule has 0 saturated carbocycles. The fraction of sp³-hybridized carbons (Fsp3) is 0.192. The van der Waals surface area contributed by atoms with Gasteiger partial charge in [-0.05, 0) is 48.0 Å². The Morgan fingerprint density at radius 1 is 0.974 bits per heavy atom. The largest absolute Gasteiger partial charge is 0.394 e. The van der Waals surface area contributed by atoms with E-state index in [1.807, 2.05) is 0 Å². The number of nitrogens with one attached hydrogen (secondary N) is 3. The van der Waals surface area contributed by atoms with Crippen LogP contribution in [-0.2, 0) is 20.8 Å². The monoisotopic (exact) mass is 547 g/mol. The molecule has 1 aliphatic heterocycles. The minimum Gasteiger partial charge on any atom is -0.394 e. The van der Waals surface area contributed by atoms with Crippen LogP contribution in [0, 0.1) is 23.3 Å². The number of anilines is 1. The van der Waals surface area contributed by atoms with Crippen LogP contribution in [-0.4, -0.2) is 41.5 Å². The minimum atomic E-state index is -1.55. The quantitative estimate of drug-likeness (QED) is 0.340. The summed E-state index contributed by atoms with van der Waals surface area (Å²) < 4.78 is 55.7. The SMILES string of the molecule is O=C(Cc1cc(F)cc(F)c1)N[C@H](CO)C(=O)N[C@@H]1C(=O)Nc2ccccc2S[C@@H]1c1cc(F)ccc1F. The van der Waals surface area contributed by atoms with Crippen molar-refractivity contribution in [1.82, 2.24) is 10.6 Å². The minimum absolute atomic E-state index is 0.00366. The van der Waals surface area contributed by atoms with Gasteiger partial charge in [-0.15, -0.1) is 11.8 Å². The van der Waals surface area contributed by atoms with Crippen molar-refractivity contribution >= 4 is 35.2 Å². The van der Waals surface area contributed by atoms with Gasteiger partial charge < -0.3 is 21.1 Å². The lowest BCUT2D eigenvalue weighted by Gasteiger charge is -2.27. The van der Waals surface area contributed by atoms with Gasteiger partial charge >= 0.3 is 0 Å². The van der Waals surface area contributed by atoms with E-state index in [9.17, 15) is 37.1 Å². The summed E-state index contributed by atoms with van der Waals surface area (Å²) in [5.41, 5.74) is 0.219. The third-order valence-corrected chi connectivity index (χ3v) is 7.06. The second-order valence-electron chi connectivity index (χ2n) is 8.43. The summed E-state index contributed by atoms with van der Waals surface area (Å²) in [5, 5.41) is 15.9. The average Bonchev–Trinajstić information content (AvgIpc) is 2.99. The van der Waals surface area contributed by atoms with Gasteiger partial charge in [-0.25, -0.2) is 17.6 Å². The van der Waals surface area contributed by atoms with Gasteiger partial charge in [0.2, 0.25) is 17.7 Å². The van der Waals surface area contributed by atoms with Crippen LogP contribution >= 0.6 is 11.8 Å². The molecule has 38 heavy (non-hydrogen) atoms. The van der Waals surface area contributed by atoms with Crippen molar-refractivity contribution < 1.29 is 37.1 Å². The molecule has 3 atom stereocenters. The van der Waals surface area contributed by atoms with Crippen LogP contribution in [0.15, 0.2) is 65.6 Å². The molecule has 0 saturated heterocycles. The number of hydrogen-bond donors (Lipinski definition) is 4. The molecular formula is C26H21F4N3O4S. The summed E-state index contributed by atoms with van der Waals surface area (Å²) in [5.74, 6) is -5.88. The maximum absolute atomic E-state index is 14.8. The van der Waals surface area contributed by atoms with Gasteiger partial charge in [-0.1, -0.05) is 12.1 Å². The maximum atomic E-state index is 14.8. The lowest BCUT2D eigenvalue weighted by molar-refractivity contribution is -0.131. The molecule has 12 heteroatoms. The first-order valence-corrected chi connectivity index (χ1v) is 12.2. The molecular weight excluding hydrogens is 526 g/mol. The summed E-state index contributed by atoms with van der Waals surface area (Å²) in [6, 6.07) is 8.91. The summed E-state index contributed by atoms with van der Waals surface area (Å²) in [4.78, 5) is 39.1. The van der Waals surface area contributed by atoms with E-state index in [1.165, 1.54) is 0 Å². The molecule has 0 aliphatic carbocycles. The van der Waals surface area contributed by atoms with Crippen molar-refractivity contribution in [2.75, 3.05) is 11.9 Å². The van der Waals surface area contributed by atoms with Crippen LogP contribution < -0.4 is 16.0 Å². The van der Waals surface area contributed by atoms with Crippen molar-refractivity contribution in [3.05, 3.63) is 95.1 Å². The average molecular weight is 548 g/mol. The zero-order valence-corrected chi connectivity index (χ0v) is 20.3. The molecule has 0 bridgehead atoms. The number of aliphatic hydroxyl groups excluding tert-OH is 1. The topological polar surface area (TPSA) is 108 Å². The van der Waals surface area contributed by atoms with Crippen LogP contribution in [0.1, 0.15) is 16.4 Å². The van der Waals surface area contributed by atoms with E-state index in [4.69, 9.17) is 0 Å². The first-order chi connectivity index (χ1) is 18.1. The van der Waals surface area contributed by atoms with Gasteiger partial charge in [0, 0.05) is 16.5 Å². The fourth-order valence-electron chi connectivity index (χ4n) is 3.93. The fourth-order valence-corrected chi connectivity index (χ4v) is 5.25. The predicted octanol–water partition coefficient (Wildman–Crippen LogP) is 3.23. The third-order valence-electron chi connectivity index (χ3n) is 5.67. The van der Waals surface area contributed by atoms with Crippen LogP contribution in [0.2, 0.25) is 0 Å². The van der Waals surface area contributed by atoms with Gasteiger partial charge in [-0.2, -0.15) is 0 Å². The number of halogens is 4. The number of benzene rings is 3. The van der Waals surface area contributed by atoms with Crippen LogP contribution in [0.5, 0.6) is 0 Å². The molecule has 3 amide bonds. The van der Waals surface area contributed by atoms with Gasteiger partial charge in [0.05, 0.1) is 24.0 Å². The summed E-state index contributed by atoms with van der Waals surface area (Å²) in [6.45, 7) is -0.879. The number of aliphatic hydroxyl groups is 1. The van der Waals surface area contributed by atoms with Gasteiger partial charge in [0.1, 0.15) is 35.4 Å². The summed E-state index contributed by atoms with van der Waals surface area (Å²) in [7, 11) is 0. The highest BCUT2D eigenvalue weighted by Crippen LogP contribution is 2.44. The van der Waals surface area contributed by atoms with Crippen molar-refractivity contribution in [1.29, 1.82) is 0 Å². The van der Waals surface area contributed by atoms with E-state index in [0.717, 1.165) is 42.1 Å².